The molecule has 0 aliphatic rings. The molecule has 0 bridgehead atoms. The number of furan rings is 1. The summed E-state index contributed by atoms with van der Waals surface area (Å²) in [6, 6.07) is 96.7. The molecule has 0 aliphatic heterocycles. The molecule has 0 unspecified atom stereocenters. The average molecular weight is 905 g/mol. The number of rotatable bonds is 8. The van der Waals surface area contributed by atoms with Crippen LogP contribution in [0.15, 0.2) is 271 Å². The third kappa shape index (κ3) is 6.74. The number of benzene rings is 12. The number of nitrogens with zero attached hydrogens (tertiary/aromatic N) is 2. The molecule has 0 saturated heterocycles. The lowest BCUT2D eigenvalue weighted by Gasteiger charge is -2.28. The number of para-hydroxylation sites is 5. The van der Waals surface area contributed by atoms with Gasteiger partial charge in [-0.15, -0.1) is 0 Å². The number of anilines is 3. The standard InChI is InChI=1S/C68H44N2O/c1-2-18-53-49(16-1)44-66(58-22-6-5-20-56(53)58)69(50-40-36-46(37-41-50)45-32-34-48(35-33-45)54-26-15-27-62-61-25-10-14-31-67(61)71-68(54)62)51-42-38-47(39-43-51)52-17-3-4-19-55(52)57-21-7-11-28-63(57)70-64-29-12-8-23-59(64)60-24-9-13-30-65(60)70/h1-44H. The minimum absolute atomic E-state index is 0.909. The van der Waals surface area contributed by atoms with Crippen LogP contribution in [-0.2, 0) is 0 Å². The van der Waals surface area contributed by atoms with E-state index in [2.05, 4.69) is 264 Å². The van der Waals surface area contributed by atoms with Gasteiger partial charge in [-0.2, -0.15) is 0 Å². The second-order valence-electron chi connectivity index (χ2n) is 18.4. The van der Waals surface area contributed by atoms with E-state index in [-0.39, 0.29) is 0 Å². The summed E-state index contributed by atoms with van der Waals surface area (Å²) in [7, 11) is 0. The average Bonchev–Trinajstić information content (AvgIpc) is 4.00. The number of hydrogen-bond acceptors (Lipinski definition) is 2. The Kier molecular flexibility index (Phi) is 9.53. The molecule has 0 atom stereocenters. The van der Waals surface area contributed by atoms with Crippen molar-refractivity contribution in [1.82, 2.24) is 4.57 Å². The van der Waals surface area contributed by atoms with Crippen LogP contribution in [-0.4, -0.2) is 4.57 Å². The first-order valence-electron chi connectivity index (χ1n) is 24.3. The van der Waals surface area contributed by atoms with E-state index in [0.717, 1.165) is 72.5 Å². The van der Waals surface area contributed by atoms with Crippen LogP contribution < -0.4 is 4.90 Å². The quantitative estimate of drug-likeness (QED) is 0.142. The zero-order chi connectivity index (χ0) is 46.8. The molecule has 14 rings (SSSR count). The van der Waals surface area contributed by atoms with Crippen molar-refractivity contribution in [3.05, 3.63) is 267 Å². The van der Waals surface area contributed by atoms with Crippen molar-refractivity contribution >= 4 is 82.4 Å². The van der Waals surface area contributed by atoms with E-state index >= 15 is 0 Å². The van der Waals surface area contributed by atoms with Crippen molar-refractivity contribution in [3.63, 3.8) is 0 Å². The molecule has 0 spiro atoms. The first-order valence-corrected chi connectivity index (χ1v) is 24.3. The molecule has 3 heteroatoms. The van der Waals surface area contributed by atoms with Gasteiger partial charge in [0.1, 0.15) is 11.2 Å². The van der Waals surface area contributed by atoms with Crippen LogP contribution in [0.4, 0.5) is 17.1 Å². The molecule has 0 N–H and O–H groups in total. The Morgan fingerprint density at radius 3 is 1.46 bits per heavy atom. The maximum absolute atomic E-state index is 6.40. The van der Waals surface area contributed by atoms with Gasteiger partial charge in [-0.25, -0.2) is 0 Å². The molecule has 0 radical (unpaired) electrons. The van der Waals surface area contributed by atoms with E-state index in [0.29, 0.717) is 0 Å². The van der Waals surface area contributed by atoms with Crippen molar-refractivity contribution in [2.75, 3.05) is 4.90 Å². The van der Waals surface area contributed by atoms with Gasteiger partial charge in [0.25, 0.3) is 0 Å². The third-order valence-corrected chi connectivity index (χ3v) is 14.4. The predicted octanol–water partition coefficient (Wildman–Crippen LogP) is 19.1. The van der Waals surface area contributed by atoms with Gasteiger partial charge < -0.3 is 13.9 Å². The van der Waals surface area contributed by atoms with E-state index in [9.17, 15) is 0 Å². The zero-order valence-electron chi connectivity index (χ0n) is 38.7. The van der Waals surface area contributed by atoms with Crippen LogP contribution in [0.3, 0.4) is 0 Å². The van der Waals surface area contributed by atoms with Crippen molar-refractivity contribution in [2.45, 2.75) is 0 Å². The lowest BCUT2D eigenvalue weighted by molar-refractivity contribution is 0.670. The monoisotopic (exact) mass is 904 g/mol. The van der Waals surface area contributed by atoms with E-state index in [1.807, 2.05) is 12.1 Å². The van der Waals surface area contributed by atoms with Crippen molar-refractivity contribution in [2.24, 2.45) is 0 Å². The Morgan fingerprint density at radius 2 is 0.761 bits per heavy atom. The number of fused-ring (bicyclic) bond motifs is 9. The Bertz CT molecular complexity index is 4280. The molecule has 0 saturated carbocycles. The van der Waals surface area contributed by atoms with Crippen LogP contribution >= 0.6 is 0 Å². The summed E-state index contributed by atoms with van der Waals surface area (Å²) < 4.78 is 8.83. The van der Waals surface area contributed by atoms with E-state index < -0.39 is 0 Å². The maximum Gasteiger partial charge on any atom is 0.143 e. The molecule has 332 valence electrons. The van der Waals surface area contributed by atoms with Gasteiger partial charge >= 0.3 is 0 Å². The summed E-state index contributed by atoms with van der Waals surface area (Å²) in [5, 5.41) is 9.66. The summed E-state index contributed by atoms with van der Waals surface area (Å²) in [5.74, 6) is 0. The van der Waals surface area contributed by atoms with Gasteiger partial charge in [0.2, 0.25) is 0 Å². The molecule has 0 aliphatic carbocycles. The summed E-state index contributed by atoms with van der Waals surface area (Å²) in [6.45, 7) is 0. The molecule has 3 nitrogen and oxygen atoms in total. The van der Waals surface area contributed by atoms with Gasteiger partial charge in [-0.3, -0.25) is 0 Å². The van der Waals surface area contributed by atoms with Gasteiger partial charge in [-0.05, 0) is 104 Å². The molecule has 71 heavy (non-hydrogen) atoms. The highest BCUT2D eigenvalue weighted by atomic mass is 16.3. The minimum Gasteiger partial charge on any atom is -0.455 e. The Hall–Kier alpha value is -9.44. The molecular weight excluding hydrogens is 861 g/mol. The fourth-order valence-electron chi connectivity index (χ4n) is 11.1. The molecule has 14 aromatic rings. The number of hydrogen-bond donors (Lipinski definition) is 0. The first kappa shape index (κ1) is 40.6. The lowest BCUT2D eigenvalue weighted by Crippen LogP contribution is -2.10. The molecule has 0 amide bonds. The van der Waals surface area contributed by atoms with Gasteiger partial charge in [-0.1, -0.05) is 212 Å². The molecule has 2 aromatic heterocycles. The second-order valence-corrected chi connectivity index (χ2v) is 18.4. The van der Waals surface area contributed by atoms with Gasteiger partial charge in [0, 0.05) is 49.4 Å². The molecule has 0 fully saturated rings. The summed E-state index contributed by atoms with van der Waals surface area (Å²) in [6.07, 6.45) is 0. The molecular formula is C68H44N2O. The summed E-state index contributed by atoms with van der Waals surface area (Å²) in [5.41, 5.74) is 17.9. The third-order valence-electron chi connectivity index (χ3n) is 14.4. The van der Waals surface area contributed by atoms with Crippen LogP contribution in [0, 0.1) is 0 Å². The van der Waals surface area contributed by atoms with Gasteiger partial charge in [0.05, 0.1) is 22.4 Å². The van der Waals surface area contributed by atoms with Crippen LogP contribution in [0.2, 0.25) is 0 Å². The van der Waals surface area contributed by atoms with Crippen LogP contribution in [0.25, 0.3) is 115 Å². The van der Waals surface area contributed by atoms with Crippen LogP contribution in [0.1, 0.15) is 0 Å². The molecule has 12 aromatic carbocycles. The minimum atomic E-state index is 0.909. The Balaban J connectivity index is 0.857. The highest BCUT2D eigenvalue weighted by Crippen LogP contribution is 2.45. The summed E-state index contributed by atoms with van der Waals surface area (Å²) in [4.78, 5) is 2.42. The van der Waals surface area contributed by atoms with E-state index in [1.165, 1.54) is 60.0 Å². The van der Waals surface area contributed by atoms with Crippen LogP contribution in [0.5, 0.6) is 0 Å². The highest BCUT2D eigenvalue weighted by Gasteiger charge is 2.21. The van der Waals surface area contributed by atoms with Crippen molar-refractivity contribution in [3.8, 4) is 50.2 Å². The second kappa shape index (κ2) is 16.7. The Labute approximate surface area is 411 Å². The fraction of sp³-hybridized carbons (Fsp3) is 0. The predicted molar refractivity (Wildman–Crippen MR) is 299 cm³/mol. The smallest absolute Gasteiger partial charge is 0.143 e. The lowest BCUT2D eigenvalue weighted by atomic mass is 9.93. The summed E-state index contributed by atoms with van der Waals surface area (Å²) >= 11 is 0. The van der Waals surface area contributed by atoms with Crippen molar-refractivity contribution in [1.29, 1.82) is 0 Å². The topological polar surface area (TPSA) is 21.3 Å². The Morgan fingerprint density at radius 1 is 0.296 bits per heavy atom. The fourth-order valence-corrected chi connectivity index (χ4v) is 11.1. The normalized spacial score (nSPS) is 11.7. The largest absolute Gasteiger partial charge is 0.455 e. The van der Waals surface area contributed by atoms with Gasteiger partial charge in [0.15, 0.2) is 0 Å². The first-order chi connectivity index (χ1) is 35.2. The maximum atomic E-state index is 6.40. The van der Waals surface area contributed by atoms with Crippen molar-refractivity contribution < 1.29 is 4.42 Å². The van der Waals surface area contributed by atoms with E-state index in [4.69, 9.17) is 4.42 Å². The highest BCUT2D eigenvalue weighted by molar-refractivity contribution is 6.15. The zero-order valence-corrected chi connectivity index (χ0v) is 38.7. The number of aromatic nitrogens is 1. The van der Waals surface area contributed by atoms with E-state index in [1.54, 1.807) is 0 Å². The molecule has 2 heterocycles. The SMILES string of the molecule is c1ccc(-c2ccccc2-n2c3ccccc3c3ccccc32)c(-c2ccc(N(c3ccc(-c4ccc(-c5cccc6c5oc5ccccc56)cc4)cc3)c3cc4ccccc4c4ccccc34)cc2)c1.